The molecule has 144 valence electrons. The highest BCUT2D eigenvalue weighted by atomic mass is 16.5. The van der Waals surface area contributed by atoms with Crippen LogP contribution in [0.25, 0.3) is 0 Å². The second-order valence-corrected chi connectivity index (χ2v) is 7.85. The van der Waals surface area contributed by atoms with E-state index >= 15 is 0 Å². The van der Waals surface area contributed by atoms with Gasteiger partial charge in [0.15, 0.2) is 0 Å². The van der Waals surface area contributed by atoms with Gasteiger partial charge in [0, 0.05) is 44.5 Å². The summed E-state index contributed by atoms with van der Waals surface area (Å²) < 4.78 is 10.9. The molecule has 0 bridgehead atoms. The zero-order valence-electron chi connectivity index (χ0n) is 16.6. The molecule has 0 aliphatic heterocycles. The summed E-state index contributed by atoms with van der Waals surface area (Å²) >= 11 is 0. The van der Waals surface area contributed by atoms with Crippen molar-refractivity contribution in [2.75, 3.05) is 41.0 Å². The number of ether oxygens (including phenoxy) is 2. The van der Waals surface area contributed by atoms with E-state index in [0.717, 1.165) is 32.7 Å². The number of hydrogen-bond acceptors (Lipinski definition) is 4. The molecule has 1 fully saturated rings. The molecule has 0 aromatic carbocycles. The minimum atomic E-state index is 0.291. The van der Waals surface area contributed by atoms with E-state index in [1.54, 1.807) is 7.11 Å². The summed E-state index contributed by atoms with van der Waals surface area (Å²) in [5.41, 5.74) is 3.03. The van der Waals surface area contributed by atoms with Crippen LogP contribution in [0.1, 0.15) is 69.0 Å². The second kappa shape index (κ2) is 10.3. The van der Waals surface area contributed by atoms with Gasteiger partial charge in [-0.05, 0) is 57.5 Å². The number of aromatic nitrogens is 2. The Hall–Kier alpha value is -0.910. The number of nitrogens with one attached hydrogen (secondary N) is 1. The normalized spacial score (nSPS) is 24.1. The van der Waals surface area contributed by atoms with Crippen molar-refractivity contribution in [2.45, 2.75) is 64.3 Å². The van der Waals surface area contributed by atoms with E-state index in [2.05, 4.69) is 29.1 Å². The van der Waals surface area contributed by atoms with Crippen molar-refractivity contribution in [1.82, 2.24) is 15.1 Å². The number of aromatic amines is 1. The first-order valence-electron chi connectivity index (χ1n) is 9.82. The molecule has 0 atom stereocenters. The van der Waals surface area contributed by atoms with Crippen LogP contribution in [0.2, 0.25) is 0 Å². The fraction of sp³-hybridized carbons (Fsp3) is 0.850. The van der Waals surface area contributed by atoms with Crippen LogP contribution in [-0.4, -0.2) is 56.1 Å². The third-order valence-corrected chi connectivity index (χ3v) is 5.83. The number of H-pyrrole nitrogens is 1. The molecule has 1 aliphatic carbocycles. The van der Waals surface area contributed by atoms with Crippen molar-refractivity contribution in [2.24, 2.45) is 5.41 Å². The molecule has 5 nitrogen and oxygen atoms in total. The van der Waals surface area contributed by atoms with Crippen molar-refractivity contribution < 1.29 is 9.47 Å². The zero-order valence-corrected chi connectivity index (χ0v) is 16.6. The van der Waals surface area contributed by atoms with E-state index in [-0.39, 0.29) is 0 Å². The van der Waals surface area contributed by atoms with Crippen molar-refractivity contribution in [3.8, 4) is 0 Å². The van der Waals surface area contributed by atoms with Crippen LogP contribution in [0.15, 0.2) is 6.20 Å². The molecule has 1 aliphatic rings. The third kappa shape index (κ3) is 5.80. The lowest BCUT2D eigenvalue weighted by Crippen LogP contribution is -2.33. The zero-order chi connectivity index (χ0) is 18.1. The Morgan fingerprint density at radius 3 is 2.68 bits per heavy atom. The lowest BCUT2D eigenvalue weighted by atomic mass is 9.68. The highest BCUT2D eigenvalue weighted by molar-refractivity contribution is 5.21. The van der Waals surface area contributed by atoms with Gasteiger partial charge in [0.25, 0.3) is 0 Å². The molecule has 0 saturated heterocycles. The molecule has 0 amide bonds. The first-order valence-corrected chi connectivity index (χ1v) is 9.82. The van der Waals surface area contributed by atoms with Gasteiger partial charge in [-0.2, -0.15) is 5.10 Å². The highest BCUT2D eigenvalue weighted by Gasteiger charge is 2.36. The van der Waals surface area contributed by atoms with Crippen molar-refractivity contribution in [1.29, 1.82) is 0 Å². The van der Waals surface area contributed by atoms with Crippen LogP contribution in [0.3, 0.4) is 0 Å². The van der Waals surface area contributed by atoms with E-state index in [9.17, 15) is 0 Å². The van der Waals surface area contributed by atoms with Gasteiger partial charge < -0.3 is 14.4 Å². The molecule has 1 N–H and O–H groups in total. The van der Waals surface area contributed by atoms with E-state index in [1.807, 2.05) is 13.3 Å². The van der Waals surface area contributed by atoms with Crippen LogP contribution in [0.4, 0.5) is 0 Å². The molecular weight excluding hydrogens is 314 g/mol. The molecule has 0 radical (unpaired) electrons. The van der Waals surface area contributed by atoms with Crippen LogP contribution in [0.5, 0.6) is 0 Å². The Morgan fingerprint density at radius 1 is 1.28 bits per heavy atom. The Balaban J connectivity index is 1.95. The van der Waals surface area contributed by atoms with E-state index in [0.29, 0.717) is 11.3 Å². The predicted molar refractivity (Wildman–Crippen MR) is 102 cm³/mol. The summed E-state index contributed by atoms with van der Waals surface area (Å²) in [6, 6.07) is 0. The van der Waals surface area contributed by atoms with Crippen molar-refractivity contribution >= 4 is 0 Å². The fourth-order valence-electron chi connectivity index (χ4n) is 4.21. The van der Waals surface area contributed by atoms with Crippen molar-refractivity contribution in [3.05, 3.63) is 17.5 Å². The summed E-state index contributed by atoms with van der Waals surface area (Å²) in [4.78, 5) is 2.41. The van der Waals surface area contributed by atoms with Gasteiger partial charge in [0.2, 0.25) is 0 Å². The quantitative estimate of drug-likeness (QED) is 0.655. The Kier molecular flexibility index (Phi) is 8.40. The van der Waals surface area contributed by atoms with Gasteiger partial charge in [0.1, 0.15) is 0 Å². The lowest BCUT2D eigenvalue weighted by Gasteiger charge is -2.39. The van der Waals surface area contributed by atoms with Gasteiger partial charge in [-0.15, -0.1) is 0 Å². The van der Waals surface area contributed by atoms with Gasteiger partial charge in [-0.3, -0.25) is 5.10 Å². The SMILES string of the molecule is CCCCN(C)Cc1cn[nH]c1C1CCC(CCOC)(COC)CC1. The van der Waals surface area contributed by atoms with E-state index < -0.39 is 0 Å². The van der Waals surface area contributed by atoms with Gasteiger partial charge in [-0.1, -0.05) is 13.3 Å². The number of nitrogens with zero attached hydrogens (tertiary/aromatic N) is 2. The minimum Gasteiger partial charge on any atom is -0.385 e. The topological polar surface area (TPSA) is 50.4 Å². The van der Waals surface area contributed by atoms with Gasteiger partial charge >= 0.3 is 0 Å². The molecule has 5 heteroatoms. The second-order valence-electron chi connectivity index (χ2n) is 7.85. The number of unbranched alkanes of at least 4 members (excludes halogenated alkanes) is 1. The van der Waals surface area contributed by atoms with Gasteiger partial charge in [0.05, 0.1) is 12.8 Å². The maximum atomic E-state index is 5.54. The smallest absolute Gasteiger partial charge is 0.0535 e. The average molecular weight is 352 g/mol. The predicted octanol–water partition coefficient (Wildman–Crippen LogP) is 3.97. The Morgan fingerprint density at radius 2 is 2.04 bits per heavy atom. The maximum absolute atomic E-state index is 5.54. The summed E-state index contributed by atoms with van der Waals surface area (Å²) in [5.74, 6) is 0.601. The van der Waals surface area contributed by atoms with E-state index in [4.69, 9.17) is 9.47 Å². The molecule has 1 aromatic rings. The molecule has 1 saturated carbocycles. The molecule has 25 heavy (non-hydrogen) atoms. The first kappa shape index (κ1) is 20.4. The largest absolute Gasteiger partial charge is 0.385 e. The van der Waals surface area contributed by atoms with Crippen molar-refractivity contribution in [3.63, 3.8) is 0 Å². The average Bonchev–Trinajstić information content (AvgIpc) is 3.07. The molecule has 1 aromatic heterocycles. The summed E-state index contributed by atoms with van der Waals surface area (Å²) in [6.45, 7) is 6.06. The monoisotopic (exact) mass is 351 g/mol. The lowest BCUT2D eigenvalue weighted by molar-refractivity contribution is 0.0172. The minimum absolute atomic E-state index is 0.291. The molecule has 2 rings (SSSR count). The van der Waals surface area contributed by atoms with Crippen LogP contribution >= 0.6 is 0 Å². The molecule has 1 heterocycles. The van der Waals surface area contributed by atoms with E-state index in [1.165, 1.54) is 49.8 Å². The fourth-order valence-corrected chi connectivity index (χ4v) is 4.21. The Bertz CT molecular complexity index is 481. The maximum Gasteiger partial charge on any atom is 0.0535 e. The van der Waals surface area contributed by atoms with Gasteiger partial charge in [-0.25, -0.2) is 0 Å². The highest BCUT2D eigenvalue weighted by Crippen LogP contribution is 2.45. The summed E-state index contributed by atoms with van der Waals surface area (Å²) in [6.07, 6.45) is 10.5. The third-order valence-electron chi connectivity index (χ3n) is 5.83. The molecule has 0 spiro atoms. The van der Waals surface area contributed by atoms with Crippen LogP contribution in [0, 0.1) is 5.41 Å². The summed E-state index contributed by atoms with van der Waals surface area (Å²) in [5, 5.41) is 7.66. The Labute approximate surface area is 153 Å². The number of hydrogen-bond donors (Lipinski definition) is 1. The van der Waals surface area contributed by atoms with Crippen LogP contribution < -0.4 is 0 Å². The standard InChI is InChI=1S/C20H37N3O2/c1-5-6-12-23(2)15-18-14-21-22-19(18)17-7-9-20(10-8-17,16-25-4)11-13-24-3/h14,17H,5-13,15-16H2,1-4H3,(H,21,22). The van der Waals surface area contributed by atoms with Crippen LogP contribution in [-0.2, 0) is 16.0 Å². The number of methoxy groups -OCH3 is 2. The molecular formula is C20H37N3O2. The number of rotatable bonds is 11. The summed E-state index contributed by atoms with van der Waals surface area (Å²) in [7, 11) is 5.82. The molecule has 0 unspecified atom stereocenters. The first-order chi connectivity index (χ1) is 12.1.